The molecule has 1 rings (SSSR count). The van der Waals surface area contributed by atoms with E-state index in [1.54, 1.807) is 0 Å². The minimum absolute atomic E-state index is 0.299. The Hall–Kier alpha value is -1.47. The summed E-state index contributed by atoms with van der Waals surface area (Å²) in [5.74, 6) is 2.36. The highest BCUT2D eigenvalue weighted by molar-refractivity contribution is 5.87. The Morgan fingerprint density at radius 2 is 2.17 bits per heavy atom. The topological polar surface area (TPSA) is 41.6 Å². The molecule has 0 saturated carbocycles. The number of hydrazine groups is 1. The number of terminal acetylenes is 1. The van der Waals surface area contributed by atoms with Crippen molar-refractivity contribution in [3.8, 4) is 12.3 Å². The average Bonchev–Trinajstić information content (AvgIpc) is 2.85. The van der Waals surface area contributed by atoms with Crippen molar-refractivity contribution < 1.29 is 9.53 Å². The molecule has 0 spiro atoms. The van der Waals surface area contributed by atoms with Gasteiger partial charge < -0.3 is 10.2 Å². The van der Waals surface area contributed by atoms with E-state index in [-0.39, 0.29) is 5.97 Å². The molecule has 0 fully saturated rings. The van der Waals surface area contributed by atoms with E-state index in [9.17, 15) is 4.79 Å². The van der Waals surface area contributed by atoms with Crippen molar-refractivity contribution in [2.75, 3.05) is 20.2 Å². The molecular weight excluding hydrogens is 228 g/mol. The maximum absolute atomic E-state index is 11.2. The van der Waals surface area contributed by atoms with Crippen molar-refractivity contribution in [1.82, 2.24) is 10.4 Å². The number of nitrogens with one attached hydrogen (secondary N) is 1. The number of esters is 1. The first-order chi connectivity index (χ1) is 8.77. The number of nitrogens with zero attached hydrogens (tertiary/aromatic N) is 1. The first kappa shape index (κ1) is 14.6. The van der Waals surface area contributed by atoms with Gasteiger partial charge in [0.25, 0.3) is 0 Å². The third-order valence-electron chi connectivity index (χ3n) is 2.95. The fourth-order valence-electron chi connectivity index (χ4n) is 1.91. The summed E-state index contributed by atoms with van der Waals surface area (Å²) in [6.07, 6.45) is 13.8. The Balaban J connectivity index is 1.99. The number of unbranched alkanes of at least 4 members (excludes halogenated alkanes) is 5. The quantitative estimate of drug-likeness (QED) is 0.405. The van der Waals surface area contributed by atoms with Crippen LogP contribution in [-0.4, -0.2) is 31.2 Å². The van der Waals surface area contributed by atoms with Gasteiger partial charge in [-0.2, -0.15) is 0 Å². The number of methoxy groups -OCH3 is 1. The average molecular weight is 250 g/mol. The highest BCUT2D eigenvalue weighted by Crippen LogP contribution is 2.08. The van der Waals surface area contributed by atoms with Gasteiger partial charge in [0.05, 0.1) is 7.11 Å². The molecule has 1 aliphatic heterocycles. The van der Waals surface area contributed by atoms with Crippen molar-refractivity contribution in [2.45, 2.75) is 38.5 Å². The van der Waals surface area contributed by atoms with Gasteiger partial charge in [-0.05, 0) is 18.9 Å². The van der Waals surface area contributed by atoms with Crippen molar-refractivity contribution in [1.29, 1.82) is 0 Å². The Morgan fingerprint density at radius 1 is 1.44 bits per heavy atom. The molecule has 18 heavy (non-hydrogen) atoms. The minimum atomic E-state index is -0.299. The zero-order valence-electron chi connectivity index (χ0n) is 11.1. The van der Waals surface area contributed by atoms with Gasteiger partial charge in [-0.15, -0.1) is 12.3 Å². The van der Waals surface area contributed by atoms with E-state index in [1.807, 2.05) is 11.1 Å². The van der Waals surface area contributed by atoms with Gasteiger partial charge in [0.2, 0.25) is 0 Å². The van der Waals surface area contributed by atoms with Crippen LogP contribution >= 0.6 is 0 Å². The molecule has 0 aromatic rings. The standard InChI is InChI=1S/C14H22N2O2/c1-3-4-5-6-7-8-9-11-16-12-10-13(15-16)14(17)18-2/h1,10,15H,4-9,11-12H2,2H3. The van der Waals surface area contributed by atoms with Gasteiger partial charge in [-0.3, -0.25) is 0 Å². The van der Waals surface area contributed by atoms with Crippen LogP contribution in [0.5, 0.6) is 0 Å². The molecule has 0 radical (unpaired) electrons. The lowest BCUT2D eigenvalue weighted by Crippen LogP contribution is -2.34. The molecule has 0 aliphatic carbocycles. The predicted molar refractivity (Wildman–Crippen MR) is 71.3 cm³/mol. The third-order valence-corrected chi connectivity index (χ3v) is 2.95. The predicted octanol–water partition coefficient (Wildman–Crippen LogP) is 1.84. The van der Waals surface area contributed by atoms with E-state index in [0.717, 1.165) is 32.4 Å². The molecule has 0 saturated heterocycles. The van der Waals surface area contributed by atoms with Gasteiger partial charge >= 0.3 is 5.97 Å². The molecule has 1 heterocycles. The van der Waals surface area contributed by atoms with E-state index in [1.165, 1.54) is 26.4 Å². The van der Waals surface area contributed by atoms with E-state index >= 15 is 0 Å². The van der Waals surface area contributed by atoms with Crippen LogP contribution in [0.1, 0.15) is 38.5 Å². The van der Waals surface area contributed by atoms with Crippen molar-refractivity contribution >= 4 is 5.97 Å². The summed E-state index contributed by atoms with van der Waals surface area (Å²) in [7, 11) is 1.39. The Labute approximate surface area is 109 Å². The van der Waals surface area contributed by atoms with Crippen LogP contribution in [0, 0.1) is 12.3 Å². The van der Waals surface area contributed by atoms with Crippen molar-refractivity contribution in [3.63, 3.8) is 0 Å². The highest BCUT2D eigenvalue weighted by atomic mass is 16.5. The summed E-state index contributed by atoms with van der Waals surface area (Å²) >= 11 is 0. The molecule has 100 valence electrons. The number of hydrogen-bond acceptors (Lipinski definition) is 4. The van der Waals surface area contributed by atoms with Gasteiger partial charge in [0.15, 0.2) is 0 Å². The lowest BCUT2D eigenvalue weighted by atomic mass is 10.1. The Kier molecular flexibility index (Phi) is 6.97. The largest absolute Gasteiger partial charge is 0.464 e. The van der Waals surface area contributed by atoms with Crippen LogP contribution in [0.4, 0.5) is 0 Å². The fourth-order valence-corrected chi connectivity index (χ4v) is 1.91. The fraction of sp³-hybridized carbons (Fsp3) is 0.643. The van der Waals surface area contributed by atoms with Gasteiger partial charge in [0, 0.05) is 19.5 Å². The van der Waals surface area contributed by atoms with Crippen LogP contribution in [0.15, 0.2) is 11.8 Å². The van der Waals surface area contributed by atoms with E-state index in [0.29, 0.717) is 5.70 Å². The molecule has 1 aliphatic rings. The van der Waals surface area contributed by atoms with Crippen molar-refractivity contribution in [2.24, 2.45) is 0 Å². The number of carbonyl (C=O) groups is 1. The van der Waals surface area contributed by atoms with E-state index < -0.39 is 0 Å². The molecule has 1 N–H and O–H groups in total. The number of rotatable bonds is 8. The Bertz CT molecular complexity index is 331. The third kappa shape index (κ3) is 5.24. The van der Waals surface area contributed by atoms with Crippen LogP contribution in [-0.2, 0) is 9.53 Å². The summed E-state index contributed by atoms with van der Waals surface area (Å²) in [5, 5.41) is 2.04. The number of carbonyl (C=O) groups excluding carboxylic acids is 1. The number of hydrogen-bond donors (Lipinski definition) is 1. The maximum Gasteiger partial charge on any atom is 0.355 e. The monoisotopic (exact) mass is 250 g/mol. The smallest absolute Gasteiger partial charge is 0.355 e. The molecule has 0 unspecified atom stereocenters. The summed E-state index contributed by atoms with van der Waals surface area (Å²) < 4.78 is 4.65. The molecule has 0 amide bonds. The SMILES string of the molecule is C#CCCCCCCCN1CC=C(C(=O)OC)N1. The molecule has 0 aromatic carbocycles. The first-order valence-corrected chi connectivity index (χ1v) is 6.51. The molecule has 4 nitrogen and oxygen atoms in total. The maximum atomic E-state index is 11.2. The summed E-state index contributed by atoms with van der Waals surface area (Å²) in [5.41, 5.74) is 3.59. The van der Waals surface area contributed by atoms with Crippen LogP contribution < -0.4 is 5.43 Å². The zero-order chi connectivity index (χ0) is 13.2. The summed E-state index contributed by atoms with van der Waals surface area (Å²) in [6.45, 7) is 1.72. The molecular formula is C14H22N2O2. The lowest BCUT2D eigenvalue weighted by Gasteiger charge is -2.17. The van der Waals surface area contributed by atoms with Gasteiger partial charge in [0.1, 0.15) is 5.70 Å². The van der Waals surface area contributed by atoms with Gasteiger partial charge in [-0.25, -0.2) is 9.80 Å². The number of ether oxygens (including phenoxy) is 1. The van der Waals surface area contributed by atoms with Crippen LogP contribution in [0.3, 0.4) is 0 Å². The van der Waals surface area contributed by atoms with E-state index in [2.05, 4.69) is 16.1 Å². The highest BCUT2D eigenvalue weighted by Gasteiger charge is 2.18. The summed E-state index contributed by atoms with van der Waals surface area (Å²) in [6, 6.07) is 0. The normalized spacial score (nSPS) is 14.8. The molecule has 4 heteroatoms. The molecule has 0 bridgehead atoms. The second-order valence-corrected chi connectivity index (χ2v) is 4.39. The lowest BCUT2D eigenvalue weighted by molar-refractivity contribution is -0.136. The Morgan fingerprint density at radius 3 is 2.89 bits per heavy atom. The first-order valence-electron chi connectivity index (χ1n) is 6.51. The van der Waals surface area contributed by atoms with Crippen molar-refractivity contribution in [3.05, 3.63) is 11.8 Å². The molecule has 0 aromatic heterocycles. The van der Waals surface area contributed by atoms with Crippen LogP contribution in [0.25, 0.3) is 0 Å². The van der Waals surface area contributed by atoms with Crippen LogP contribution in [0.2, 0.25) is 0 Å². The second-order valence-electron chi connectivity index (χ2n) is 4.39. The minimum Gasteiger partial charge on any atom is -0.464 e. The molecule has 0 atom stereocenters. The zero-order valence-corrected chi connectivity index (χ0v) is 11.1. The van der Waals surface area contributed by atoms with Gasteiger partial charge in [-0.1, -0.05) is 19.3 Å². The summed E-state index contributed by atoms with van der Waals surface area (Å²) in [4.78, 5) is 11.2. The van der Waals surface area contributed by atoms with E-state index in [4.69, 9.17) is 6.42 Å². The second kappa shape index (κ2) is 8.60.